The van der Waals surface area contributed by atoms with E-state index in [0.717, 1.165) is 28.0 Å². The summed E-state index contributed by atoms with van der Waals surface area (Å²) in [6.45, 7) is 3.35. The molecule has 0 saturated carbocycles. The molecule has 0 spiro atoms. The van der Waals surface area contributed by atoms with E-state index in [1.165, 1.54) is 49.4 Å². The number of methoxy groups -OCH3 is 1. The van der Waals surface area contributed by atoms with Gasteiger partial charge in [-0.1, -0.05) is 18.2 Å². The zero-order chi connectivity index (χ0) is 37.9. The largest absolute Gasteiger partial charge is 0.480 e. The third-order valence-electron chi connectivity index (χ3n) is 7.44. The Balaban J connectivity index is 1.76. The molecule has 0 aliphatic rings. The second-order valence-electron chi connectivity index (χ2n) is 12.4. The standard InChI is InChI=1S/C34H33F4N7O6S/c1-34(2,3)51-33(49)43(4)16-21-27-29(46)45(25-13-14-26(50-5)42-41-25)32(48)44(17-20-22(35)7-6-8-23(20)36)30(27)52-28(21)18-9-11-19(12-10-18)40-31(47)39-15-24(37)38/h6-14,24H,15-17H2,1-5H3,(H2,39,40,47). The molecule has 0 fully saturated rings. The number of rotatable bonds is 10. The lowest BCUT2D eigenvalue weighted by Gasteiger charge is -2.25. The number of aromatic nitrogens is 4. The SMILES string of the molecule is COc1ccc(-n2c(=O)c3c(CN(C)C(=O)OC(C)(C)C)c(-c4ccc(NC(=O)NCC(F)F)cc4)sc3n(Cc3c(F)cccc3F)c2=O)nn1. The highest BCUT2D eigenvalue weighted by atomic mass is 32.1. The number of halogens is 4. The molecule has 0 bridgehead atoms. The molecule has 5 aromatic rings. The minimum atomic E-state index is -2.74. The van der Waals surface area contributed by atoms with E-state index in [4.69, 9.17) is 9.47 Å². The van der Waals surface area contributed by atoms with Gasteiger partial charge in [-0.05, 0) is 56.7 Å². The highest BCUT2D eigenvalue weighted by molar-refractivity contribution is 7.22. The maximum absolute atomic E-state index is 15.0. The lowest BCUT2D eigenvalue weighted by molar-refractivity contribution is 0.0286. The molecule has 274 valence electrons. The van der Waals surface area contributed by atoms with Gasteiger partial charge in [-0.25, -0.2) is 36.5 Å². The third-order valence-corrected chi connectivity index (χ3v) is 8.74. The summed E-state index contributed by atoms with van der Waals surface area (Å²) in [6.07, 6.45) is -3.47. The van der Waals surface area contributed by atoms with Crippen molar-refractivity contribution in [1.29, 1.82) is 0 Å². The number of alkyl halides is 2. The predicted molar refractivity (Wildman–Crippen MR) is 185 cm³/mol. The number of hydrogen-bond donors (Lipinski definition) is 2. The van der Waals surface area contributed by atoms with E-state index in [-0.39, 0.29) is 39.7 Å². The molecule has 5 rings (SSSR count). The topological polar surface area (TPSA) is 150 Å². The van der Waals surface area contributed by atoms with Gasteiger partial charge in [0.05, 0.1) is 32.1 Å². The van der Waals surface area contributed by atoms with Crippen LogP contribution in [0.4, 0.5) is 32.8 Å². The number of amides is 3. The Labute approximate surface area is 297 Å². The van der Waals surface area contributed by atoms with Crippen LogP contribution in [0.3, 0.4) is 0 Å². The van der Waals surface area contributed by atoms with Gasteiger partial charge in [-0.15, -0.1) is 21.5 Å². The first kappa shape index (κ1) is 37.5. The van der Waals surface area contributed by atoms with Crippen LogP contribution in [0, 0.1) is 11.6 Å². The van der Waals surface area contributed by atoms with Crippen molar-refractivity contribution in [3.8, 4) is 22.1 Å². The number of nitrogens with zero attached hydrogens (tertiary/aromatic N) is 5. The summed E-state index contributed by atoms with van der Waals surface area (Å²) in [6, 6.07) is 11.2. The van der Waals surface area contributed by atoms with Gasteiger partial charge in [-0.2, -0.15) is 0 Å². The molecule has 3 heterocycles. The fourth-order valence-electron chi connectivity index (χ4n) is 5.07. The molecule has 2 N–H and O–H groups in total. The van der Waals surface area contributed by atoms with Crippen molar-refractivity contribution < 1.29 is 36.6 Å². The van der Waals surface area contributed by atoms with Crippen molar-refractivity contribution in [1.82, 2.24) is 29.5 Å². The fraction of sp³-hybridized carbons (Fsp3) is 0.294. The maximum Gasteiger partial charge on any atom is 0.410 e. The van der Waals surface area contributed by atoms with E-state index in [2.05, 4.69) is 15.5 Å². The van der Waals surface area contributed by atoms with E-state index in [1.807, 2.05) is 5.32 Å². The van der Waals surface area contributed by atoms with Crippen LogP contribution in [0.1, 0.15) is 31.9 Å². The Morgan fingerprint density at radius 3 is 2.23 bits per heavy atom. The number of ether oxygens (including phenoxy) is 2. The lowest BCUT2D eigenvalue weighted by atomic mass is 10.1. The van der Waals surface area contributed by atoms with Crippen molar-refractivity contribution in [3.05, 3.63) is 98.2 Å². The molecule has 2 aromatic carbocycles. The molecular weight excluding hydrogens is 710 g/mol. The Kier molecular flexibility index (Phi) is 11.0. The van der Waals surface area contributed by atoms with Gasteiger partial charge in [-0.3, -0.25) is 9.36 Å². The number of benzene rings is 2. The number of thiophene rings is 1. The van der Waals surface area contributed by atoms with E-state index < -0.39 is 65.7 Å². The first-order valence-corrected chi connectivity index (χ1v) is 16.4. The van der Waals surface area contributed by atoms with Crippen LogP contribution >= 0.6 is 11.3 Å². The van der Waals surface area contributed by atoms with Gasteiger partial charge in [0.25, 0.3) is 12.0 Å². The van der Waals surface area contributed by atoms with Crippen molar-refractivity contribution in [2.24, 2.45) is 0 Å². The molecule has 18 heteroatoms. The quantitative estimate of drug-likeness (QED) is 0.172. The van der Waals surface area contributed by atoms with Crippen LogP contribution in [0.25, 0.3) is 26.5 Å². The maximum atomic E-state index is 15.0. The molecule has 3 amide bonds. The summed E-state index contributed by atoms with van der Waals surface area (Å²) in [5, 5.41) is 12.3. The zero-order valence-electron chi connectivity index (χ0n) is 28.5. The first-order valence-electron chi connectivity index (χ1n) is 15.6. The van der Waals surface area contributed by atoms with Crippen LogP contribution in [0.5, 0.6) is 5.88 Å². The summed E-state index contributed by atoms with van der Waals surface area (Å²) in [7, 11) is 2.80. The van der Waals surface area contributed by atoms with E-state index in [1.54, 1.807) is 32.9 Å². The summed E-state index contributed by atoms with van der Waals surface area (Å²) in [5.41, 5.74) is -2.18. The Hall–Kier alpha value is -5.78. The van der Waals surface area contributed by atoms with E-state index in [9.17, 15) is 28.0 Å². The van der Waals surface area contributed by atoms with Gasteiger partial charge >= 0.3 is 17.8 Å². The Bertz CT molecular complexity index is 2210. The first-order chi connectivity index (χ1) is 24.6. The summed E-state index contributed by atoms with van der Waals surface area (Å²) in [5.74, 6) is -1.97. The number of carbonyl (C=O) groups excluding carboxylic acids is 2. The molecule has 13 nitrogen and oxygen atoms in total. The highest BCUT2D eigenvalue weighted by Crippen LogP contribution is 2.39. The van der Waals surface area contributed by atoms with Crippen LogP contribution in [0.2, 0.25) is 0 Å². The zero-order valence-corrected chi connectivity index (χ0v) is 29.3. The van der Waals surface area contributed by atoms with Crippen molar-refractivity contribution >= 4 is 39.4 Å². The van der Waals surface area contributed by atoms with E-state index in [0.29, 0.717) is 15.0 Å². The van der Waals surface area contributed by atoms with Crippen LogP contribution in [-0.4, -0.2) is 69.1 Å². The number of anilines is 1. The highest BCUT2D eigenvalue weighted by Gasteiger charge is 2.28. The molecule has 3 aromatic heterocycles. The number of carbonyl (C=O) groups is 2. The second-order valence-corrected chi connectivity index (χ2v) is 13.4. The second kappa shape index (κ2) is 15.2. The minimum Gasteiger partial charge on any atom is -0.480 e. The summed E-state index contributed by atoms with van der Waals surface area (Å²) >= 11 is 0.958. The van der Waals surface area contributed by atoms with Crippen LogP contribution in [-0.2, 0) is 17.8 Å². The Morgan fingerprint density at radius 2 is 1.65 bits per heavy atom. The minimum absolute atomic E-state index is 0.0338. The lowest BCUT2D eigenvalue weighted by Crippen LogP contribution is -2.40. The smallest absolute Gasteiger partial charge is 0.410 e. The monoisotopic (exact) mass is 743 g/mol. The number of nitrogens with one attached hydrogen (secondary N) is 2. The molecular formula is C34H33F4N7O6S. The summed E-state index contributed by atoms with van der Waals surface area (Å²) in [4.78, 5) is 55.5. The third kappa shape index (κ3) is 8.22. The van der Waals surface area contributed by atoms with Crippen molar-refractivity contribution in [2.75, 3.05) is 26.0 Å². The van der Waals surface area contributed by atoms with Crippen molar-refractivity contribution in [2.45, 2.75) is 45.9 Å². The van der Waals surface area contributed by atoms with Crippen molar-refractivity contribution in [3.63, 3.8) is 0 Å². The normalized spacial score (nSPS) is 11.5. The molecule has 0 radical (unpaired) electrons. The average molecular weight is 744 g/mol. The molecule has 0 unspecified atom stereocenters. The van der Waals surface area contributed by atoms with Gasteiger partial charge in [0.15, 0.2) is 5.82 Å². The van der Waals surface area contributed by atoms with Gasteiger partial charge in [0, 0.05) is 34.8 Å². The summed E-state index contributed by atoms with van der Waals surface area (Å²) < 4.78 is 67.5. The molecule has 0 atom stereocenters. The van der Waals surface area contributed by atoms with Gasteiger partial charge in [0.2, 0.25) is 5.88 Å². The number of hydrogen-bond acceptors (Lipinski definition) is 9. The Morgan fingerprint density at radius 1 is 0.981 bits per heavy atom. The van der Waals surface area contributed by atoms with Crippen LogP contribution < -0.4 is 26.6 Å². The molecule has 52 heavy (non-hydrogen) atoms. The molecule has 0 aliphatic carbocycles. The van der Waals surface area contributed by atoms with Crippen LogP contribution in [0.15, 0.2) is 64.2 Å². The average Bonchev–Trinajstić information content (AvgIpc) is 3.45. The fourth-order valence-corrected chi connectivity index (χ4v) is 6.37. The number of urea groups is 1. The predicted octanol–water partition coefficient (Wildman–Crippen LogP) is 5.76. The van der Waals surface area contributed by atoms with Gasteiger partial charge in [0.1, 0.15) is 22.1 Å². The van der Waals surface area contributed by atoms with Gasteiger partial charge < -0.3 is 25.0 Å². The molecule has 0 saturated heterocycles. The van der Waals surface area contributed by atoms with E-state index >= 15 is 8.78 Å². The number of fused-ring (bicyclic) bond motifs is 1. The molecule has 0 aliphatic heterocycles.